The minimum atomic E-state index is -0.995. The summed E-state index contributed by atoms with van der Waals surface area (Å²) < 4.78 is 27.1. The van der Waals surface area contributed by atoms with Gasteiger partial charge in [0.1, 0.15) is 24.0 Å². The number of hydrogen-bond donors (Lipinski definition) is 1. The molecule has 10 nitrogen and oxygen atoms in total. The van der Waals surface area contributed by atoms with Gasteiger partial charge in [-0.15, -0.1) is 0 Å². The van der Waals surface area contributed by atoms with Crippen LogP contribution in [0.5, 0.6) is 17.2 Å². The van der Waals surface area contributed by atoms with E-state index < -0.39 is 36.8 Å². The molecule has 2 rings (SSSR count). The van der Waals surface area contributed by atoms with Crippen molar-refractivity contribution < 1.29 is 38.1 Å². The summed E-state index contributed by atoms with van der Waals surface area (Å²) in [4.78, 5) is 40.8. The molecule has 1 aromatic heterocycles. The molecule has 3 atom stereocenters. The van der Waals surface area contributed by atoms with Gasteiger partial charge in [0.05, 0.1) is 7.11 Å². The minimum Gasteiger partial charge on any atom is -0.493 e. The quantitative estimate of drug-likeness (QED) is 0.324. The van der Waals surface area contributed by atoms with Gasteiger partial charge in [0.15, 0.2) is 17.2 Å². The lowest BCUT2D eigenvalue weighted by atomic mass is 10.0. The predicted octanol–water partition coefficient (Wildman–Crippen LogP) is 3.53. The number of methoxy groups -OCH3 is 1. The van der Waals surface area contributed by atoms with Crippen molar-refractivity contribution in [1.29, 1.82) is 0 Å². The zero-order valence-electron chi connectivity index (χ0n) is 21.5. The molecule has 1 aromatic carbocycles. The van der Waals surface area contributed by atoms with E-state index in [0.717, 1.165) is 0 Å². The van der Waals surface area contributed by atoms with Gasteiger partial charge in [-0.1, -0.05) is 32.0 Å². The molecular weight excluding hydrogens is 468 g/mol. The van der Waals surface area contributed by atoms with Crippen LogP contribution >= 0.6 is 0 Å². The highest BCUT2D eigenvalue weighted by atomic mass is 16.7. The summed E-state index contributed by atoms with van der Waals surface area (Å²) in [5.74, 6) is -0.711. The van der Waals surface area contributed by atoms with E-state index >= 15 is 0 Å². The summed E-state index contributed by atoms with van der Waals surface area (Å²) in [7, 11) is 1.39. The highest BCUT2D eigenvalue weighted by molar-refractivity contribution is 5.98. The van der Waals surface area contributed by atoms with E-state index in [1.165, 1.54) is 33.2 Å². The number of para-hydroxylation sites is 1. The normalized spacial score (nSPS) is 13.2. The van der Waals surface area contributed by atoms with Crippen molar-refractivity contribution in [2.45, 2.75) is 59.3 Å². The molecule has 0 saturated carbocycles. The Kier molecular flexibility index (Phi) is 11.0. The first-order chi connectivity index (χ1) is 17.1. The number of pyridine rings is 1. The van der Waals surface area contributed by atoms with Crippen molar-refractivity contribution in [2.24, 2.45) is 5.92 Å². The van der Waals surface area contributed by atoms with Crippen LogP contribution in [0.3, 0.4) is 0 Å². The number of amides is 1. The van der Waals surface area contributed by atoms with Crippen LogP contribution in [0.15, 0.2) is 42.6 Å². The van der Waals surface area contributed by atoms with Crippen LogP contribution in [-0.4, -0.2) is 55.0 Å². The Bertz CT molecular complexity index is 1010. The monoisotopic (exact) mass is 502 g/mol. The van der Waals surface area contributed by atoms with E-state index in [4.69, 9.17) is 23.7 Å². The first-order valence-electron chi connectivity index (χ1n) is 11.6. The van der Waals surface area contributed by atoms with Gasteiger partial charge in [-0.2, -0.15) is 0 Å². The van der Waals surface area contributed by atoms with Crippen LogP contribution in [-0.2, 0) is 19.1 Å². The molecular formula is C26H34N2O8. The van der Waals surface area contributed by atoms with Gasteiger partial charge in [0, 0.05) is 19.2 Å². The van der Waals surface area contributed by atoms with E-state index in [1.807, 2.05) is 30.3 Å². The van der Waals surface area contributed by atoms with Crippen LogP contribution in [0.4, 0.5) is 0 Å². The van der Waals surface area contributed by atoms with Crippen LogP contribution < -0.4 is 19.5 Å². The Morgan fingerprint density at radius 1 is 1.03 bits per heavy atom. The van der Waals surface area contributed by atoms with Crippen molar-refractivity contribution in [3.05, 3.63) is 48.3 Å². The van der Waals surface area contributed by atoms with E-state index in [-0.39, 0.29) is 23.3 Å². The number of ether oxygens (including phenoxy) is 5. The molecule has 1 heterocycles. The molecule has 0 bridgehead atoms. The van der Waals surface area contributed by atoms with Gasteiger partial charge < -0.3 is 29.0 Å². The van der Waals surface area contributed by atoms with Gasteiger partial charge in [0.25, 0.3) is 5.91 Å². The maximum absolute atomic E-state index is 12.9. The van der Waals surface area contributed by atoms with Crippen molar-refractivity contribution in [1.82, 2.24) is 10.3 Å². The molecule has 0 unspecified atom stereocenters. The highest BCUT2D eigenvalue weighted by Crippen LogP contribution is 2.29. The number of hydrogen-bond acceptors (Lipinski definition) is 9. The molecule has 1 amide bonds. The molecule has 36 heavy (non-hydrogen) atoms. The standard InChI is InChI=1S/C26H34N2O8/c1-16(2)14-22(36-20-10-8-7-9-11-20)18(4)35-26(31)17(3)28-25(30)23-24(34-15-33-19(5)29)21(32-6)12-13-27-23/h7-13,16-18,22H,14-15H2,1-6H3,(H,28,30)/t17-,18-,22+/m0/s1. The molecule has 10 heteroatoms. The maximum Gasteiger partial charge on any atom is 0.328 e. The molecule has 0 saturated heterocycles. The molecule has 0 fully saturated rings. The third-order valence-corrected chi connectivity index (χ3v) is 5.03. The molecule has 0 radical (unpaired) electrons. The number of rotatable bonds is 13. The van der Waals surface area contributed by atoms with Gasteiger partial charge in [-0.25, -0.2) is 9.78 Å². The van der Waals surface area contributed by atoms with E-state index in [2.05, 4.69) is 24.1 Å². The predicted molar refractivity (Wildman–Crippen MR) is 131 cm³/mol. The third-order valence-electron chi connectivity index (χ3n) is 5.03. The average molecular weight is 503 g/mol. The zero-order valence-corrected chi connectivity index (χ0v) is 21.5. The molecule has 196 valence electrons. The largest absolute Gasteiger partial charge is 0.493 e. The van der Waals surface area contributed by atoms with Crippen molar-refractivity contribution >= 4 is 17.8 Å². The lowest BCUT2D eigenvalue weighted by Crippen LogP contribution is -2.43. The Morgan fingerprint density at radius 2 is 1.72 bits per heavy atom. The molecule has 0 spiro atoms. The Balaban J connectivity index is 2.07. The van der Waals surface area contributed by atoms with Crippen molar-refractivity contribution in [3.8, 4) is 17.2 Å². The SMILES string of the molecule is COc1ccnc(C(=O)N[C@@H](C)C(=O)O[C@@H](C)[C@@H](CC(C)C)Oc2ccccc2)c1OCOC(C)=O. The fourth-order valence-electron chi connectivity index (χ4n) is 3.22. The molecule has 0 aliphatic carbocycles. The van der Waals surface area contributed by atoms with E-state index in [0.29, 0.717) is 18.1 Å². The Morgan fingerprint density at radius 3 is 2.33 bits per heavy atom. The van der Waals surface area contributed by atoms with Gasteiger partial charge >= 0.3 is 11.9 Å². The number of nitrogens with zero attached hydrogens (tertiary/aromatic N) is 1. The molecule has 2 aromatic rings. The average Bonchev–Trinajstić information content (AvgIpc) is 2.83. The van der Waals surface area contributed by atoms with Gasteiger partial charge in [-0.05, 0) is 38.3 Å². The number of esters is 2. The molecule has 0 aliphatic rings. The fourth-order valence-corrected chi connectivity index (χ4v) is 3.22. The second kappa shape index (κ2) is 13.9. The summed E-state index contributed by atoms with van der Waals surface area (Å²) in [6.07, 6.45) is 1.08. The van der Waals surface area contributed by atoms with Crippen LogP contribution in [0, 0.1) is 5.92 Å². The van der Waals surface area contributed by atoms with Crippen LogP contribution in [0.2, 0.25) is 0 Å². The number of carbonyl (C=O) groups is 3. The van der Waals surface area contributed by atoms with Crippen LogP contribution in [0.1, 0.15) is 51.5 Å². The van der Waals surface area contributed by atoms with Crippen LogP contribution in [0.25, 0.3) is 0 Å². The topological polar surface area (TPSA) is 122 Å². The van der Waals surface area contributed by atoms with Crippen molar-refractivity contribution in [2.75, 3.05) is 13.9 Å². The van der Waals surface area contributed by atoms with Gasteiger partial charge in [0.2, 0.25) is 6.79 Å². The lowest BCUT2D eigenvalue weighted by Gasteiger charge is -2.27. The summed E-state index contributed by atoms with van der Waals surface area (Å²) in [6.45, 7) is 8.16. The lowest BCUT2D eigenvalue weighted by molar-refractivity contribution is -0.155. The number of nitrogens with one attached hydrogen (secondary N) is 1. The van der Waals surface area contributed by atoms with Crippen molar-refractivity contribution in [3.63, 3.8) is 0 Å². The van der Waals surface area contributed by atoms with E-state index in [1.54, 1.807) is 6.92 Å². The number of benzene rings is 1. The maximum atomic E-state index is 12.9. The summed E-state index contributed by atoms with van der Waals surface area (Å²) >= 11 is 0. The summed E-state index contributed by atoms with van der Waals surface area (Å²) in [5, 5.41) is 2.56. The smallest absolute Gasteiger partial charge is 0.328 e. The second-order valence-corrected chi connectivity index (χ2v) is 8.53. The summed E-state index contributed by atoms with van der Waals surface area (Å²) in [6, 6.07) is 9.80. The van der Waals surface area contributed by atoms with E-state index in [9.17, 15) is 14.4 Å². The number of carbonyl (C=O) groups excluding carboxylic acids is 3. The molecule has 1 N–H and O–H groups in total. The van der Waals surface area contributed by atoms with Gasteiger partial charge in [-0.3, -0.25) is 9.59 Å². The minimum absolute atomic E-state index is 0.0269. The third kappa shape index (κ3) is 8.75. The second-order valence-electron chi connectivity index (χ2n) is 8.53. The Hall–Kier alpha value is -3.82. The zero-order chi connectivity index (χ0) is 26.7. The Labute approximate surface area is 211 Å². The first-order valence-corrected chi connectivity index (χ1v) is 11.6. The molecule has 0 aliphatic heterocycles. The summed E-state index contributed by atoms with van der Waals surface area (Å²) in [5.41, 5.74) is -0.140. The first kappa shape index (κ1) is 28.4. The number of aromatic nitrogens is 1. The highest BCUT2D eigenvalue weighted by Gasteiger charge is 2.28. The fraction of sp³-hybridized carbons (Fsp3) is 0.462.